The van der Waals surface area contributed by atoms with Gasteiger partial charge in [-0.15, -0.1) is 0 Å². The van der Waals surface area contributed by atoms with Crippen LogP contribution in [-0.4, -0.2) is 64.5 Å². The maximum absolute atomic E-state index is 13.1. The number of carbonyl (C=O) groups is 3. The Balaban J connectivity index is 1.33. The maximum Gasteiger partial charge on any atom is 0.325 e. The molecule has 10 nitrogen and oxygen atoms in total. The number of benzene rings is 1. The lowest BCUT2D eigenvalue weighted by atomic mass is 9.87. The van der Waals surface area contributed by atoms with Gasteiger partial charge in [-0.2, -0.15) is 0 Å². The summed E-state index contributed by atoms with van der Waals surface area (Å²) in [5.74, 6) is -0.113. The zero-order valence-corrected chi connectivity index (χ0v) is 18.5. The second-order valence-electron chi connectivity index (χ2n) is 8.20. The summed E-state index contributed by atoms with van der Waals surface area (Å²) in [6.07, 6.45) is 6.18. The van der Waals surface area contributed by atoms with Crippen molar-refractivity contribution in [2.75, 3.05) is 32.1 Å². The van der Waals surface area contributed by atoms with Crippen LogP contribution in [0.3, 0.4) is 0 Å². The molecule has 174 valence electrons. The van der Waals surface area contributed by atoms with Crippen molar-refractivity contribution in [1.82, 2.24) is 19.7 Å². The van der Waals surface area contributed by atoms with E-state index in [2.05, 4.69) is 15.5 Å². The predicted octanol–water partition coefficient (Wildman–Crippen LogP) is 1.41. The minimum Gasteiger partial charge on any atom is -0.497 e. The molecule has 0 saturated carbocycles. The Kier molecular flexibility index (Phi) is 6.36. The second kappa shape index (κ2) is 9.37. The van der Waals surface area contributed by atoms with Gasteiger partial charge in [0.15, 0.2) is 0 Å². The monoisotopic (exact) mass is 452 g/mol. The van der Waals surface area contributed by atoms with Crippen LogP contribution in [0.5, 0.6) is 5.75 Å². The van der Waals surface area contributed by atoms with Gasteiger partial charge in [-0.05, 0) is 49.2 Å². The van der Waals surface area contributed by atoms with Crippen molar-refractivity contribution < 1.29 is 19.1 Å². The van der Waals surface area contributed by atoms with Gasteiger partial charge >= 0.3 is 6.03 Å². The second-order valence-corrected chi connectivity index (χ2v) is 8.20. The van der Waals surface area contributed by atoms with Crippen LogP contribution in [0.2, 0.25) is 0 Å². The maximum atomic E-state index is 13.1. The van der Waals surface area contributed by atoms with Gasteiger partial charge in [0.05, 0.1) is 7.11 Å². The molecular weight excluding hydrogens is 424 g/mol. The van der Waals surface area contributed by atoms with Crippen molar-refractivity contribution in [2.45, 2.75) is 24.9 Å². The summed E-state index contributed by atoms with van der Waals surface area (Å²) in [4.78, 5) is 41.4. The van der Waals surface area contributed by atoms with Crippen LogP contribution in [0.15, 0.2) is 48.8 Å². The number of ether oxygens (including phenoxy) is 1. The summed E-state index contributed by atoms with van der Waals surface area (Å²) in [5.41, 5.74) is 6.20. The first-order valence-corrected chi connectivity index (χ1v) is 10.8. The van der Waals surface area contributed by atoms with Crippen molar-refractivity contribution in [3.05, 3.63) is 54.5 Å². The highest BCUT2D eigenvalue weighted by Gasteiger charge is 2.52. The first-order valence-electron chi connectivity index (χ1n) is 10.8. The minimum absolute atomic E-state index is 0.332. The molecule has 0 unspecified atom stereocenters. The SMILES string of the molecule is COc1ccc(NC(=O)CN2C(=O)NC3(CCN(Cc4cccn4/C=C\N)CC3)C2=O)cc1. The van der Waals surface area contributed by atoms with E-state index < -0.39 is 17.5 Å². The molecule has 0 radical (unpaired) electrons. The predicted molar refractivity (Wildman–Crippen MR) is 123 cm³/mol. The highest BCUT2D eigenvalue weighted by Crippen LogP contribution is 2.30. The molecule has 0 bridgehead atoms. The smallest absolute Gasteiger partial charge is 0.325 e. The molecule has 2 saturated heterocycles. The summed E-state index contributed by atoms with van der Waals surface area (Å²) in [6, 6.07) is 10.3. The average Bonchev–Trinajstić information content (AvgIpc) is 3.34. The van der Waals surface area contributed by atoms with E-state index in [1.165, 1.54) is 6.20 Å². The Morgan fingerprint density at radius 3 is 2.61 bits per heavy atom. The van der Waals surface area contributed by atoms with Crippen LogP contribution in [0, 0.1) is 0 Å². The number of methoxy groups -OCH3 is 1. The van der Waals surface area contributed by atoms with Crippen molar-refractivity contribution in [3.63, 3.8) is 0 Å². The molecule has 4 amide bonds. The number of likely N-dealkylation sites (tertiary alicyclic amines) is 1. The number of piperidine rings is 1. The average molecular weight is 453 g/mol. The van der Waals surface area contributed by atoms with Gasteiger partial charge in [-0.3, -0.25) is 19.4 Å². The number of anilines is 1. The Morgan fingerprint density at radius 2 is 1.94 bits per heavy atom. The van der Waals surface area contributed by atoms with E-state index in [0.717, 1.165) is 10.6 Å². The van der Waals surface area contributed by atoms with Gasteiger partial charge in [0.2, 0.25) is 5.91 Å². The normalized spacial score (nSPS) is 18.2. The van der Waals surface area contributed by atoms with Gasteiger partial charge < -0.3 is 25.7 Å². The van der Waals surface area contributed by atoms with Crippen molar-refractivity contribution in [2.24, 2.45) is 5.73 Å². The van der Waals surface area contributed by atoms with Gasteiger partial charge in [0, 0.05) is 49.6 Å². The van der Waals surface area contributed by atoms with E-state index in [-0.39, 0.29) is 12.5 Å². The molecule has 4 N–H and O–H groups in total. The third-order valence-electron chi connectivity index (χ3n) is 6.13. The number of nitrogens with zero attached hydrogens (tertiary/aromatic N) is 3. The molecule has 2 aromatic rings. The number of hydrogen-bond acceptors (Lipinski definition) is 6. The molecule has 33 heavy (non-hydrogen) atoms. The highest BCUT2D eigenvalue weighted by atomic mass is 16.5. The fraction of sp³-hybridized carbons (Fsp3) is 0.348. The molecule has 4 rings (SSSR count). The van der Waals surface area contributed by atoms with E-state index in [4.69, 9.17) is 10.5 Å². The molecular formula is C23H28N6O4. The van der Waals surface area contributed by atoms with Crippen LogP contribution < -0.4 is 21.1 Å². The molecule has 1 aromatic heterocycles. The largest absolute Gasteiger partial charge is 0.497 e. The number of hydrogen-bond donors (Lipinski definition) is 3. The standard InChI is InChI=1S/C23H28N6O4/c1-33-19-6-4-17(5-7-19)25-20(30)16-29-21(31)23(26-22(29)32)8-12-27(13-9-23)15-18-3-2-11-28(18)14-10-24/h2-7,10-11,14H,8-9,12-13,15-16,24H2,1H3,(H,25,30)(H,26,32)/b14-10-. The lowest BCUT2D eigenvalue weighted by Gasteiger charge is -2.37. The molecule has 1 aromatic carbocycles. The number of imide groups is 1. The number of nitrogens with one attached hydrogen (secondary N) is 2. The number of rotatable bonds is 7. The van der Waals surface area contributed by atoms with Crippen LogP contribution in [0.25, 0.3) is 6.20 Å². The van der Waals surface area contributed by atoms with Crippen LogP contribution in [-0.2, 0) is 16.1 Å². The van der Waals surface area contributed by atoms with Crippen LogP contribution in [0.1, 0.15) is 18.5 Å². The van der Waals surface area contributed by atoms with Gasteiger partial charge in [0.25, 0.3) is 5.91 Å². The Bertz CT molecular complexity index is 1050. The Morgan fingerprint density at radius 1 is 1.21 bits per heavy atom. The number of carbonyl (C=O) groups excluding carboxylic acids is 3. The third-order valence-corrected chi connectivity index (χ3v) is 6.13. The third kappa shape index (κ3) is 4.70. The summed E-state index contributed by atoms with van der Waals surface area (Å²) < 4.78 is 7.05. The topological polar surface area (TPSA) is 122 Å². The minimum atomic E-state index is -0.951. The zero-order valence-electron chi connectivity index (χ0n) is 18.5. The highest BCUT2D eigenvalue weighted by molar-refractivity contribution is 6.10. The lowest BCUT2D eigenvalue weighted by molar-refractivity contribution is -0.135. The van der Waals surface area contributed by atoms with E-state index in [0.29, 0.717) is 43.9 Å². The van der Waals surface area contributed by atoms with Gasteiger partial charge in [-0.25, -0.2) is 4.79 Å². The number of urea groups is 1. The Labute approximate surface area is 192 Å². The molecule has 3 heterocycles. The number of nitrogens with two attached hydrogens (primary N) is 1. The van der Waals surface area contributed by atoms with Crippen molar-refractivity contribution >= 4 is 29.7 Å². The zero-order chi connectivity index (χ0) is 23.4. The summed E-state index contributed by atoms with van der Waals surface area (Å²) in [6.45, 7) is 1.68. The molecule has 0 atom stereocenters. The van der Waals surface area contributed by atoms with E-state index in [1.54, 1.807) is 37.6 Å². The number of aromatic nitrogens is 1. The Hall–Kier alpha value is -3.79. The van der Waals surface area contributed by atoms with Gasteiger partial charge in [-0.1, -0.05) is 0 Å². The van der Waals surface area contributed by atoms with E-state index in [1.807, 2.05) is 22.9 Å². The van der Waals surface area contributed by atoms with Crippen LogP contribution >= 0.6 is 0 Å². The van der Waals surface area contributed by atoms with E-state index >= 15 is 0 Å². The first kappa shape index (κ1) is 22.4. The summed E-state index contributed by atoms with van der Waals surface area (Å²) in [5, 5.41) is 5.55. The molecule has 2 aliphatic rings. The fourth-order valence-corrected chi connectivity index (χ4v) is 4.30. The molecule has 0 aliphatic carbocycles. The molecule has 1 spiro atoms. The lowest BCUT2D eigenvalue weighted by Crippen LogP contribution is -2.54. The van der Waals surface area contributed by atoms with E-state index in [9.17, 15) is 14.4 Å². The number of amides is 4. The molecule has 10 heteroatoms. The first-order chi connectivity index (χ1) is 15.9. The summed E-state index contributed by atoms with van der Waals surface area (Å²) >= 11 is 0. The van der Waals surface area contributed by atoms with Gasteiger partial charge in [0.1, 0.15) is 17.8 Å². The molecule has 2 aliphatic heterocycles. The fourth-order valence-electron chi connectivity index (χ4n) is 4.30. The molecule has 2 fully saturated rings. The summed E-state index contributed by atoms with van der Waals surface area (Å²) in [7, 11) is 1.56. The van der Waals surface area contributed by atoms with Crippen molar-refractivity contribution in [3.8, 4) is 5.75 Å². The van der Waals surface area contributed by atoms with Crippen molar-refractivity contribution in [1.29, 1.82) is 0 Å². The quantitative estimate of drug-likeness (QED) is 0.546. The van der Waals surface area contributed by atoms with Crippen LogP contribution in [0.4, 0.5) is 10.5 Å².